The molecule has 38 heavy (non-hydrogen) atoms. The number of anilines is 2. The molecule has 1 aliphatic heterocycles. The Labute approximate surface area is 233 Å². The zero-order valence-electron chi connectivity index (χ0n) is 21.7. The Kier molecular flexibility index (Phi) is 7.23. The van der Waals surface area contributed by atoms with Gasteiger partial charge in [-0.05, 0) is 85.7 Å². The molecule has 0 saturated carbocycles. The second-order valence-corrected chi connectivity index (χ2v) is 10.5. The second kappa shape index (κ2) is 10.6. The number of pyridine rings is 1. The highest BCUT2D eigenvalue weighted by Gasteiger charge is 2.42. The number of amides is 1. The van der Waals surface area contributed by atoms with Crippen LogP contribution in [0.25, 0.3) is 11.3 Å². The first-order chi connectivity index (χ1) is 18.2. The Balaban J connectivity index is 1.56. The van der Waals surface area contributed by atoms with Crippen LogP contribution in [0.4, 0.5) is 11.4 Å². The van der Waals surface area contributed by atoms with E-state index < -0.39 is 0 Å². The minimum absolute atomic E-state index is 0.0215. The fraction of sp³-hybridized carbons (Fsp3) is 0.233. The van der Waals surface area contributed by atoms with Crippen LogP contribution >= 0.6 is 23.8 Å². The lowest BCUT2D eigenvalue weighted by Gasteiger charge is -2.27. The highest BCUT2D eigenvalue weighted by atomic mass is 35.5. The normalized spacial score (nSPS) is 17.1. The standard InChI is InChI=1S/C30H29ClN4O2S/c1-17(2)29(36)33-23-12-11-20(16-18(23)3)35-28(27(34-30(35)38)24-10-5-6-15-32-24)26-14-13-25(37-26)21-8-7-9-22(31)19(21)4/h5-17,27-28H,1-4H3,(H,33,36)(H,34,38). The minimum atomic E-state index is -0.291. The molecule has 2 aromatic heterocycles. The predicted octanol–water partition coefficient (Wildman–Crippen LogP) is 7.38. The lowest BCUT2D eigenvalue weighted by Crippen LogP contribution is -2.29. The van der Waals surface area contributed by atoms with Crippen molar-refractivity contribution < 1.29 is 9.21 Å². The molecule has 6 nitrogen and oxygen atoms in total. The van der Waals surface area contributed by atoms with Gasteiger partial charge in [0.1, 0.15) is 17.6 Å². The van der Waals surface area contributed by atoms with Crippen LogP contribution in [0.5, 0.6) is 0 Å². The molecule has 2 unspecified atom stereocenters. The second-order valence-electron chi connectivity index (χ2n) is 9.75. The highest BCUT2D eigenvalue weighted by Crippen LogP contribution is 2.44. The number of aromatic nitrogens is 1. The van der Waals surface area contributed by atoms with E-state index in [-0.39, 0.29) is 23.9 Å². The molecule has 194 valence electrons. The van der Waals surface area contributed by atoms with E-state index in [4.69, 9.17) is 28.2 Å². The van der Waals surface area contributed by atoms with Crippen molar-refractivity contribution in [3.63, 3.8) is 0 Å². The number of carbonyl (C=O) groups excluding carboxylic acids is 1. The molecule has 1 saturated heterocycles. The summed E-state index contributed by atoms with van der Waals surface area (Å²) in [5, 5.41) is 7.73. The van der Waals surface area contributed by atoms with Crippen LogP contribution in [-0.4, -0.2) is 16.0 Å². The van der Waals surface area contributed by atoms with Crippen LogP contribution in [0.15, 0.2) is 77.3 Å². The van der Waals surface area contributed by atoms with Crippen molar-refractivity contribution in [1.29, 1.82) is 0 Å². The van der Waals surface area contributed by atoms with Gasteiger partial charge in [0.15, 0.2) is 5.11 Å². The summed E-state index contributed by atoms with van der Waals surface area (Å²) in [5.41, 5.74) is 5.37. The number of nitrogens with zero attached hydrogens (tertiary/aromatic N) is 2. The van der Waals surface area contributed by atoms with Crippen molar-refractivity contribution in [2.45, 2.75) is 39.8 Å². The van der Waals surface area contributed by atoms with E-state index >= 15 is 0 Å². The summed E-state index contributed by atoms with van der Waals surface area (Å²) in [4.78, 5) is 19.0. The van der Waals surface area contributed by atoms with Gasteiger partial charge in [0, 0.05) is 34.1 Å². The Morgan fingerprint density at radius 1 is 1.11 bits per heavy atom. The lowest BCUT2D eigenvalue weighted by atomic mass is 10.0. The van der Waals surface area contributed by atoms with Gasteiger partial charge >= 0.3 is 0 Å². The number of halogens is 1. The molecule has 0 aliphatic carbocycles. The van der Waals surface area contributed by atoms with E-state index in [1.165, 1.54) is 0 Å². The summed E-state index contributed by atoms with van der Waals surface area (Å²) in [6.45, 7) is 7.71. The summed E-state index contributed by atoms with van der Waals surface area (Å²) >= 11 is 12.2. The number of nitrogens with one attached hydrogen (secondary N) is 2. The molecule has 1 aliphatic rings. The van der Waals surface area contributed by atoms with Gasteiger partial charge in [-0.1, -0.05) is 43.6 Å². The van der Waals surface area contributed by atoms with Crippen LogP contribution < -0.4 is 15.5 Å². The zero-order valence-corrected chi connectivity index (χ0v) is 23.2. The largest absolute Gasteiger partial charge is 0.459 e. The van der Waals surface area contributed by atoms with Crippen molar-refractivity contribution in [2.24, 2.45) is 5.92 Å². The average Bonchev–Trinajstić information content (AvgIpc) is 3.52. The molecule has 4 aromatic rings. The number of hydrogen-bond acceptors (Lipinski definition) is 4. The number of thiocarbonyl (C=S) groups is 1. The Bertz CT molecular complexity index is 1500. The van der Waals surface area contributed by atoms with Gasteiger partial charge in [0.25, 0.3) is 0 Å². The molecular weight excluding hydrogens is 516 g/mol. The van der Waals surface area contributed by atoms with Gasteiger partial charge in [-0.15, -0.1) is 0 Å². The number of rotatable bonds is 6. The summed E-state index contributed by atoms with van der Waals surface area (Å²) in [6.07, 6.45) is 1.78. The first kappa shape index (κ1) is 25.9. The molecule has 2 atom stereocenters. The van der Waals surface area contributed by atoms with E-state index in [1.807, 2.05) is 94.4 Å². The van der Waals surface area contributed by atoms with Crippen molar-refractivity contribution in [3.8, 4) is 11.3 Å². The molecule has 0 radical (unpaired) electrons. The Hall–Kier alpha value is -3.68. The van der Waals surface area contributed by atoms with Crippen LogP contribution in [0.3, 0.4) is 0 Å². The number of aryl methyl sites for hydroxylation is 1. The van der Waals surface area contributed by atoms with E-state index in [1.54, 1.807) is 6.20 Å². The average molecular weight is 545 g/mol. The third-order valence-electron chi connectivity index (χ3n) is 6.82. The minimum Gasteiger partial charge on any atom is -0.459 e. The maximum atomic E-state index is 12.3. The first-order valence-corrected chi connectivity index (χ1v) is 13.3. The van der Waals surface area contributed by atoms with Crippen LogP contribution in [0.2, 0.25) is 5.02 Å². The van der Waals surface area contributed by atoms with Crippen molar-refractivity contribution in [3.05, 3.63) is 101 Å². The number of hydrogen-bond donors (Lipinski definition) is 2. The first-order valence-electron chi connectivity index (χ1n) is 12.5. The van der Waals surface area contributed by atoms with Gasteiger partial charge in [0.05, 0.1) is 11.7 Å². The Morgan fingerprint density at radius 2 is 1.92 bits per heavy atom. The van der Waals surface area contributed by atoms with E-state index in [2.05, 4.69) is 20.5 Å². The molecule has 5 rings (SSSR count). The van der Waals surface area contributed by atoms with E-state index in [0.29, 0.717) is 10.1 Å². The molecule has 3 heterocycles. The van der Waals surface area contributed by atoms with Crippen LogP contribution in [0.1, 0.15) is 48.5 Å². The Morgan fingerprint density at radius 3 is 2.63 bits per heavy atom. The van der Waals surface area contributed by atoms with Crippen LogP contribution in [0, 0.1) is 19.8 Å². The third kappa shape index (κ3) is 4.91. The molecule has 1 amide bonds. The molecule has 2 aromatic carbocycles. The molecule has 0 bridgehead atoms. The summed E-state index contributed by atoms with van der Waals surface area (Å²) in [6, 6.07) is 21.0. The number of carbonyl (C=O) groups is 1. The SMILES string of the molecule is Cc1cc(N2C(=S)NC(c3ccccn3)C2c2ccc(-c3cccc(Cl)c3C)o2)ccc1NC(=O)C(C)C. The van der Waals surface area contributed by atoms with Crippen LogP contribution in [-0.2, 0) is 4.79 Å². The van der Waals surface area contributed by atoms with E-state index in [0.717, 1.165) is 45.3 Å². The number of benzene rings is 2. The monoisotopic (exact) mass is 544 g/mol. The topological polar surface area (TPSA) is 70.4 Å². The molecular formula is C30H29ClN4O2S. The third-order valence-corrected chi connectivity index (χ3v) is 7.54. The molecule has 8 heteroatoms. The quantitative estimate of drug-likeness (QED) is 0.247. The molecule has 1 fully saturated rings. The summed E-state index contributed by atoms with van der Waals surface area (Å²) in [7, 11) is 0. The van der Waals surface area contributed by atoms with E-state index in [9.17, 15) is 4.79 Å². The lowest BCUT2D eigenvalue weighted by molar-refractivity contribution is -0.118. The smallest absolute Gasteiger partial charge is 0.226 e. The maximum absolute atomic E-state index is 12.3. The van der Waals surface area contributed by atoms with Crippen molar-refractivity contribution >= 4 is 46.2 Å². The number of furan rings is 1. The maximum Gasteiger partial charge on any atom is 0.226 e. The van der Waals surface area contributed by atoms with Crippen molar-refractivity contribution in [1.82, 2.24) is 10.3 Å². The fourth-order valence-electron chi connectivity index (χ4n) is 4.67. The van der Waals surface area contributed by atoms with Gasteiger partial charge in [0.2, 0.25) is 5.91 Å². The van der Waals surface area contributed by atoms with Crippen molar-refractivity contribution in [2.75, 3.05) is 10.2 Å². The predicted molar refractivity (Wildman–Crippen MR) is 156 cm³/mol. The highest BCUT2D eigenvalue weighted by molar-refractivity contribution is 7.80. The zero-order chi connectivity index (χ0) is 27.0. The molecule has 2 N–H and O–H groups in total. The van der Waals surface area contributed by atoms with Gasteiger partial charge < -0.3 is 20.0 Å². The van der Waals surface area contributed by atoms with Gasteiger partial charge in [-0.25, -0.2) is 0 Å². The summed E-state index contributed by atoms with van der Waals surface area (Å²) in [5.74, 6) is 1.36. The fourth-order valence-corrected chi connectivity index (χ4v) is 5.19. The summed E-state index contributed by atoms with van der Waals surface area (Å²) < 4.78 is 6.49. The molecule has 0 spiro atoms. The van der Waals surface area contributed by atoms with Gasteiger partial charge in [-0.3, -0.25) is 9.78 Å². The van der Waals surface area contributed by atoms with Gasteiger partial charge in [-0.2, -0.15) is 0 Å².